The molecule has 4 rings (SSSR count). The third-order valence-corrected chi connectivity index (χ3v) is 3.37. The van der Waals surface area contributed by atoms with Crippen molar-refractivity contribution in [1.82, 2.24) is 0 Å². The second-order valence-corrected chi connectivity index (χ2v) is 4.35. The molecule has 0 aliphatic heterocycles. The van der Waals surface area contributed by atoms with Crippen LogP contribution in [-0.4, -0.2) is 18.5 Å². The first-order chi connectivity index (χ1) is 9.17. The monoisotopic (exact) mass is 251 g/mol. The third-order valence-electron chi connectivity index (χ3n) is 3.37. The van der Waals surface area contributed by atoms with Gasteiger partial charge in [-0.1, -0.05) is 24.3 Å². The standard InChI is InChI=1S/C15H9NO3/c16-15(19)14-10(6-17)5-11-8-1-3-9(4-2-8)13(14)12(11)7-18/h1-7H,(H2,16,19). The molecule has 4 heteroatoms. The first-order valence-corrected chi connectivity index (χ1v) is 5.69. The van der Waals surface area contributed by atoms with Crippen molar-refractivity contribution in [2.24, 2.45) is 5.73 Å². The van der Waals surface area contributed by atoms with Crippen LogP contribution in [0.1, 0.15) is 31.1 Å². The van der Waals surface area contributed by atoms with Crippen LogP contribution in [0.3, 0.4) is 0 Å². The molecule has 19 heavy (non-hydrogen) atoms. The minimum absolute atomic E-state index is 0.105. The van der Waals surface area contributed by atoms with E-state index in [-0.39, 0.29) is 11.1 Å². The van der Waals surface area contributed by atoms with Gasteiger partial charge in [-0.3, -0.25) is 14.4 Å². The van der Waals surface area contributed by atoms with Gasteiger partial charge in [0.1, 0.15) is 0 Å². The molecule has 0 radical (unpaired) electrons. The van der Waals surface area contributed by atoms with Gasteiger partial charge in [0.25, 0.3) is 0 Å². The molecular formula is C15H9NO3. The number of aldehydes is 2. The van der Waals surface area contributed by atoms with E-state index >= 15 is 0 Å². The van der Waals surface area contributed by atoms with Crippen molar-refractivity contribution in [3.8, 4) is 22.3 Å². The van der Waals surface area contributed by atoms with Crippen molar-refractivity contribution in [3.63, 3.8) is 0 Å². The summed E-state index contributed by atoms with van der Waals surface area (Å²) in [4.78, 5) is 34.2. The fourth-order valence-corrected chi connectivity index (χ4v) is 2.56. The highest BCUT2D eigenvalue weighted by Crippen LogP contribution is 2.40. The van der Waals surface area contributed by atoms with Gasteiger partial charge in [0.05, 0.1) is 5.56 Å². The zero-order chi connectivity index (χ0) is 13.6. The van der Waals surface area contributed by atoms with Crippen LogP contribution in [0.2, 0.25) is 0 Å². The molecule has 0 atom stereocenters. The Hall–Kier alpha value is -2.75. The molecule has 1 amide bonds. The maximum Gasteiger partial charge on any atom is 0.250 e. The number of amides is 1. The summed E-state index contributed by atoms with van der Waals surface area (Å²) in [5, 5.41) is 0. The van der Waals surface area contributed by atoms with Crippen LogP contribution in [0.15, 0.2) is 30.3 Å². The molecule has 2 aliphatic rings. The smallest absolute Gasteiger partial charge is 0.250 e. The van der Waals surface area contributed by atoms with Crippen molar-refractivity contribution in [1.29, 1.82) is 0 Å². The molecule has 0 fully saturated rings. The SMILES string of the molecule is NC(=O)c1c(C=O)cc2c(C=O)c1-c1ccc-2cc1. The lowest BCUT2D eigenvalue weighted by atomic mass is 9.90. The van der Waals surface area contributed by atoms with Crippen LogP contribution in [-0.2, 0) is 0 Å². The number of rotatable bonds is 3. The summed E-state index contributed by atoms with van der Waals surface area (Å²) in [6.45, 7) is 0. The zero-order valence-corrected chi connectivity index (χ0v) is 9.84. The van der Waals surface area contributed by atoms with E-state index in [1.165, 1.54) is 0 Å². The number of hydrogen-bond donors (Lipinski definition) is 1. The van der Waals surface area contributed by atoms with Crippen LogP contribution >= 0.6 is 0 Å². The average molecular weight is 251 g/mol. The lowest BCUT2D eigenvalue weighted by molar-refractivity contribution is 0.0993. The van der Waals surface area contributed by atoms with Crippen molar-refractivity contribution < 1.29 is 14.4 Å². The molecule has 0 saturated carbocycles. The number of nitrogens with two attached hydrogens (primary N) is 1. The van der Waals surface area contributed by atoms with E-state index in [4.69, 9.17) is 5.73 Å². The molecule has 2 aromatic rings. The summed E-state index contributed by atoms with van der Waals surface area (Å²) in [7, 11) is 0. The third kappa shape index (κ3) is 1.43. The van der Waals surface area contributed by atoms with Crippen molar-refractivity contribution in [2.75, 3.05) is 0 Å². The van der Waals surface area contributed by atoms with E-state index in [0.29, 0.717) is 34.8 Å². The Morgan fingerprint density at radius 2 is 1.63 bits per heavy atom. The average Bonchev–Trinajstić information content (AvgIpc) is 2.59. The highest BCUT2D eigenvalue weighted by Gasteiger charge is 2.25. The fraction of sp³-hybridized carbons (Fsp3) is 0. The number of primary amides is 1. The van der Waals surface area contributed by atoms with E-state index in [1.54, 1.807) is 6.07 Å². The Morgan fingerprint density at radius 1 is 1.00 bits per heavy atom. The quantitative estimate of drug-likeness (QED) is 0.724. The van der Waals surface area contributed by atoms with Crippen LogP contribution in [0.4, 0.5) is 0 Å². The molecule has 2 aromatic carbocycles. The Bertz CT molecular complexity index is 730. The Balaban J connectivity index is 2.57. The number of hydrogen-bond acceptors (Lipinski definition) is 3. The van der Waals surface area contributed by atoms with Crippen LogP contribution < -0.4 is 5.73 Å². The minimum Gasteiger partial charge on any atom is -0.366 e. The summed E-state index contributed by atoms with van der Waals surface area (Å²) >= 11 is 0. The molecular weight excluding hydrogens is 242 g/mol. The van der Waals surface area contributed by atoms with E-state index in [1.807, 2.05) is 24.3 Å². The van der Waals surface area contributed by atoms with E-state index in [2.05, 4.69) is 0 Å². The van der Waals surface area contributed by atoms with Gasteiger partial charge in [-0.25, -0.2) is 0 Å². The Labute approximate surface area is 108 Å². The van der Waals surface area contributed by atoms with Crippen molar-refractivity contribution in [3.05, 3.63) is 47.0 Å². The molecule has 2 N–H and O–H groups in total. The van der Waals surface area contributed by atoms with Gasteiger partial charge in [0.15, 0.2) is 12.6 Å². The van der Waals surface area contributed by atoms with Gasteiger partial charge in [0.2, 0.25) is 5.91 Å². The second kappa shape index (κ2) is 3.88. The predicted octanol–water partition coefficient (Wildman–Crippen LogP) is 2.06. The molecule has 2 aliphatic carbocycles. The lowest BCUT2D eigenvalue weighted by Gasteiger charge is -2.12. The lowest BCUT2D eigenvalue weighted by Crippen LogP contribution is -2.16. The predicted molar refractivity (Wildman–Crippen MR) is 70.2 cm³/mol. The molecule has 4 nitrogen and oxygen atoms in total. The Kier molecular flexibility index (Phi) is 2.32. The van der Waals surface area contributed by atoms with Crippen LogP contribution in [0.5, 0.6) is 0 Å². The van der Waals surface area contributed by atoms with Crippen molar-refractivity contribution in [2.45, 2.75) is 0 Å². The van der Waals surface area contributed by atoms with Gasteiger partial charge in [-0.2, -0.15) is 0 Å². The van der Waals surface area contributed by atoms with Gasteiger partial charge in [-0.15, -0.1) is 0 Å². The first kappa shape index (κ1) is 11.3. The normalized spacial score (nSPS) is 10.9. The first-order valence-electron chi connectivity index (χ1n) is 5.69. The number of carbonyl (C=O) groups excluding carboxylic acids is 3. The van der Waals surface area contributed by atoms with Gasteiger partial charge >= 0.3 is 0 Å². The molecule has 0 spiro atoms. The van der Waals surface area contributed by atoms with E-state index in [9.17, 15) is 14.4 Å². The second-order valence-electron chi connectivity index (χ2n) is 4.35. The number of fused-ring (bicyclic) bond motifs is 2. The Morgan fingerprint density at radius 3 is 2.16 bits per heavy atom. The molecule has 0 unspecified atom stereocenters. The summed E-state index contributed by atoms with van der Waals surface area (Å²) in [5.74, 6) is -0.712. The molecule has 4 bridgehead atoms. The van der Waals surface area contributed by atoms with Crippen molar-refractivity contribution >= 4 is 18.5 Å². The minimum atomic E-state index is -0.712. The topological polar surface area (TPSA) is 77.2 Å². The van der Waals surface area contributed by atoms with Gasteiger partial charge in [-0.05, 0) is 22.8 Å². The van der Waals surface area contributed by atoms with E-state index < -0.39 is 5.91 Å². The van der Waals surface area contributed by atoms with Gasteiger partial charge in [0, 0.05) is 16.7 Å². The highest BCUT2D eigenvalue weighted by atomic mass is 16.1. The molecule has 0 saturated heterocycles. The summed E-state index contributed by atoms with van der Waals surface area (Å²) in [6.07, 6.45) is 1.29. The fourth-order valence-electron chi connectivity index (χ4n) is 2.56. The number of carbonyl (C=O) groups is 3. The zero-order valence-electron chi connectivity index (χ0n) is 9.84. The molecule has 92 valence electrons. The summed E-state index contributed by atoms with van der Waals surface area (Å²) in [5.41, 5.74) is 8.73. The summed E-state index contributed by atoms with van der Waals surface area (Å²) < 4.78 is 0. The summed E-state index contributed by atoms with van der Waals surface area (Å²) in [6, 6.07) is 8.87. The highest BCUT2D eigenvalue weighted by molar-refractivity contribution is 6.13. The maximum absolute atomic E-state index is 11.6. The molecule has 0 heterocycles. The number of benzene rings is 2. The molecule has 0 aromatic heterocycles. The van der Waals surface area contributed by atoms with Crippen LogP contribution in [0.25, 0.3) is 22.3 Å². The van der Waals surface area contributed by atoms with Crippen LogP contribution in [0, 0.1) is 0 Å². The van der Waals surface area contributed by atoms with E-state index in [0.717, 1.165) is 5.56 Å². The largest absolute Gasteiger partial charge is 0.366 e. The van der Waals surface area contributed by atoms with Gasteiger partial charge < -0.3 is 5.73 Å². The maximum atomic E-state index is 11.6.